The van der Waals surface area contributed by atoms with Gasteiger partial charge in [-0.15, -0.1) is 0 Å². The Kier molecular flexibility index (Phi) is 7.67. The Labute approximate surface area is 126 Å². The van der Waals surface area contributed by atoms with E-state index in [2.05, 4.69) is 24.3 Å². The van der Waals surface area contributed by atoms with Crippen LogP contribution < -0.4 is 10.9 Å². The van der Waals surface area contributed by atoms with E-state index in [0.29, 0.717) is 18.3 Å². The lowest BCUT2D eigenvalue weighted by Gasteiger charge is -2.19. The maximum atomic E-state index is 12.1. The molecule has 0 saturated heterocycles. The Morgan fingerprint density at radius 3 is 2.60 bits per heavy atom. The summed E-state index contributed by atoms with van der Waals surface area (Å²) in [5.74, 6) is 0. The van der Waals surface area contributed by atoms with Gasteiger partial charge in [0.25, 0.3) is 5.56 Å². The molecule has 1 aromatic heterocycles. The second-order valence-electron chi connectivity index (χ2n) is 5.17. The van der Waals surface area contributed by atoms with Gasteiger partial charge < -0.3 is 5.32 Å². The van der Waals surface area contributed by atoms with Crippen LogP contribution in [0.5, 0.6) is 0 Å². The van der Waals surface area contributed by atoms with Crippen molar-refractivity contribution in [2.45, 2.75) is 71.9 Å². The van der Waals surface area contributed by atoms with Crippen molar-refractivity contribution in [3.63, 3.8) is 0 Å². The van der Waals surface area contributed by atoms with Gasteiger partial charge in [-0.25, -0.2) is 4.68 Å². The lowest BCUT2D eigenvalue weighted by molar-refractivity contribution is 0.555. The van der Waals surface area contributed by atoms with E-state index in [0.717, 1.165) is 25.7 Å². The number of halogens is 1. The predicted molar refractivity (Wildman–Crippen MR) is 85.6 cm³/mol. The number of unbranched alkanes of at least 4 members (excludes halogenated alkanes) is 1. The summed E-state index contributed by atoms with van der Waals surface area (Å²) in [6, 6.07) is 0.362. The molecule has 1 N–H and O–H groups in total. The highest BCUT2D eigenvalue weighted by molar-refractivity contribution is 6.32. The lowest BCUT2D eigenvalue weighted by Crippen LogP contribution is -2.26. The molecule has 0 saturated carbocycles. The Morgan fingerprint density at radius 1 is 1.25 bits per heavy atom. The Bertz CT molecular complexity index is 459. The highest BCUT2D eigenvalue weighted by Gasteiger charge is 2.13. The van der Waals surface area contributed by atoms with Crippen molar-refractivity contribution < 1.29 is 0 Å². The number of rotatable bonds is 9. The second-order valence-corrected chi connectivity index (χ2v) is 5.55. The van der Waals surface area contributed by atoms with Crippen molar-refractivity contribution in [3.05, 3.63) is 21.6 Å². The van der Waals surface area contributed by atoms with Gasteiger partial charge >= 0.3 is 0 Å². The summed E-state index contributed by atoms with van der Waals surface area (Å²) in [4.78, 5) is 12.1. The Morgan fingerprint density at radius 2 is 2.00 bits per heavy atom. The van der Waals surface area contributed by atoms with Gasteiger partial charge in [0.2, 0.25) is 0 Å². The van der Waals surface area contributed by atoms with Crippen molar-refractivity contribution in [3.8, 4) is 0 Å². The van der Waals surface area contributed by atoms with Crippen molar-refractivity contribution in [1.82, 2.24) is 9.78 Å². The molecule has 0 amide bonds. The summed E-state index contributed by atoms with van der Waals surface area (Å²) in [6.45, 7) is 6.96. The highest BCUT2D eigenvalue weighted by atomic mass is 35.5. The zero-order valence-corrected chi connectivity index (χ0v) is 13.5. The van der Waals surface area contributed by atoms with E-state index in [1.165, 1.54) is 17.5 Å². The summed E-state index contributed by atoms with van der Waals surface area (Å²) in [5, 5.41) is 7.82. The smallest absolute Gasteiger partial charge is 0.287 e. The number of nitrogens with zero attached hydrogens (tertiary/aromatic N) is 2. The van der Waals surface area contributed by atoms with Gasteiger partial charge in [-0.3, -0.25) is 4.79 Å². The molecule has 4 nitrogen and oxygen atoms in total. The van der Waals surface area contributed by atoms with Crippen molar-refractivity contribution in [2.24, 2.45) is 0 Å². The minimum absolute atomic E-state index is 0.204. The van der Waals surface area contributed by atoms with Crippen LogP contribution >= 0.6 is 11.6 Å². The molecule has 0 radical (unpaired) electrons. The van der Waals surface area contributed by atoms with Crippen molar-refractivity contribution in [1.29, 1.82) is 0 Å². The molecular formula is C15H26ClN3O. The third-order valence-corrected chi connectivity index (χ3v) is 3.69. The van der Waals surface area contributed by atoms with Gasteiger partial charge in [-0.2, -0.15) is 5.10 Å². The number of aromatic nitrogens is 2. The quantitative estimate of drug-likeness (QED) is 0.747. The van der Waals surface area contributed by atoms with E-state index < -0.39 is 0 Å². The van der Waals surface area contributed by atoms with E-state index in [1.807, 2.05) is 6.92 Å². The van der Waals surface area contributed by atoms with Gasteiger partial charge in [0, 0.05) is 12.6 Å². The number of nitrogens with one attached hydrogen (secondary N) is 1. The van der Waals surface area contributed by atoms with E-state index in [-0.39, 0.29) is 10.6 Å². The van der Waals surface area contributed by atoms with Gasteiger partial charge in [-0.05, 0) is 19.3 Å². The number of hydrogen-bond donors (Lipinski definition) is 1. The monoisotopic (exact) mass is 299 g/mol. The molecule has 1 rings (SSSR count). The maximum absolute atomic E-state index is 12.1. The van der Waals surface area contributed by atoms with Crippen molar-refractivity contribution >= 4 is 17.3 Å². The first-order valence-electron chi connectivity index (χ1n) is 7.66. The summed E-state index contributed by atoms with van der Waals surface area (Å²) in [5.41, 5.74) is 0.461. The predicted octanol–water partition coefficient (Wildman–Crippen LogP) is 4.08. The Balaban J connectivity index is 2.84. The van der Waals surface area contributed by atoms with Crippen LogP contribution in [0, 0.1) is 0 Å². The second kappa shape index (κ2) is 9.01. The van der Waals surface area contributed by atoms with Gasteiger partial charge in [0.15, 0.2) is 0 Å². The molecule has 1 atom stereocenters. The van der Waals surface area contributed by atoms with Crippen LogP contribution in [-0.4, -0.2) is 15.8 Å². The zero-order valence-electron chi connectivity index (χ0n) is 12.8. The van der Waals surface area contributed by atoms with E-state index in [9.17, 15) is 4.79 Å². The third-order valence-electron chi connectivity index (χ3n) is 3.32. The summed E-state index contributed by atoms with van der Waals surface area (Å²) in [6.07, 6.45) is 8.17. The molecular weight excluding hydrogens is 274 g/mol. The fourth-order valence-corrected chi connectivity index (χ4v) is 2.45. The molecule has 0 fully saturated rings. The standard InChI is InChI=1S/C15H26ClN3O/c1-4-7-9-12(8-5-2)18-13-11-17-19(10-6-3)15(20)14(13)16/h11-12,18H,4-10H2,1-3H3. The first kappa shape index (κ1) is 17.0. The van der Waals surface area contributed by atoms with Gasteiger partial charge in [-0.1, -0.05) is 51.6 Å². The van der Waals surface area contributed by atoms with Crippen LogP contribution in [0.1, 0.15) is 59.3 Å². The first-order chi connectivity index (χ1) is 9.63. The molecule has 0 aliphatic heterocycles. The minimum atomic E-state index is -0.204. The molecule has 0 aliphatic carbocycles. The molecule has 0 spiro atoms. The Hall–Kier alpha value is -1.03. The zero-order chi connectivity index (χ0) is 15.0. The van der Waals surface area contributed by atoms with E-state index in [4.69, 9.17) is 11.6 Å². The largest absolute Gasteiger partial charge is 0.380 e. The number of hydrogen-bond acceptors (Lipinski definition) is 3. The normalized spacial score (nSPS) is 12.4. The van der Waals surface area contributed by atoms with Crippen LogP contribution in [0.3, 0.4) is 0 Å². The fourth-order valence-electron chi connectivity index (χ4n) is 2.24. The summed E-state index contributed by atoms with van der Waals surface area (Å²) < 4.78 is 1.42. The van der Waals surface area contributed by atoms with Crippen LogP contribution in [0.4, 0.5) is 5.69 Å². The molecule has 5 heteroatoms. The average Bonchev–Trinajstić information content (AvgIpc) is 2.44. The summed E-state index contributed by atoms with van der Waals surface area (Å²) in [7, 11) is 0. The topological polar surface area (TPSA) is 46.9 Å². The molecule has 1 heterocycles. The van der Waals surface area contributed by atoms with Crippen LogP contribution in [0.2, 0.25) is 5.02 Å². The van der Waals surface area contributed by atoms with E-state index >= 15 is 0 Å². The molecule has 0 aliphatic rings. The third kappa shape index (κ3) is 4.82. The first-order valence-corrected chi connectivity index (χ1v) is 8.03. The minimum Gasteiger partial charge on any atom is -0.380 e. The number of anilines is 1. The lowest BCUT2D eigenvalue weighted by atomic mass is 10.1. The molecule has 114 valence electrons. The number of aryl methyl sites for hydroxylation is 1. The van der Waals surface area contributed by atoms with Crippen LogP contribution in [0.25, 0.3) is 0 Å². The molecule has 1 aromatic rings. The SMILES string of the molecule is CCCCC(CCC)Nc1cnn(CCC)c(=O)c1Cl. The molecule has 0 bridgehead atoms. The fraction of sp³-hybridized carbons (Fsp3) is 0.733. The highest BCUT2D eigenvalue weighted by Crippen LogP contribution is 2.20. The van der Waals surface area contributed by atoms with Crippen LogP contribution in [-0.2, 0) is 6.54 Å². The van der Waals surface area contributed by atoms with Gasteiger partial charge in [0.1, 0.15) is 5.02 Å². The molecule has 1 unspecified atom stereocenters. The van der Waals surface area contributed by atoms with Crippen LogP contribution in [0.15, 0.2) is 11.0 Å². The van der Waals surface area contributed by atoms with Gasteiger partial charge in [0.05, 0.1) is 11.9 Å². The maximum Gasteiger partial charge on any atom is 0.287 e. The van der Waals surface area contributed by atoms with Crippen molar-refractivity contribution in [2.75, 3.05) is 5.32 Å². The summed E-state index contributed by atoms with van der Waals surface area (Å²) >= 11 is 6.18. The average molecular weight is 300 g/mol. The molecule has 20 heavy (non-hydrogen) atoms. The molecule has 0 aromatic carbocycles. The van der Waals surface area contributed by atoms with E-state index in [1.54, 1.807) is 6.20 Å².